The fourth-order valence-corrected chi connectivity index (χ4v) is 4.37. The second-order valence-electron chi connectivity index (χ2n) is 7.22. The van der Waals surface area contributed by atoms with Crippen molar-refractivity contribution in [2.24, 2.45) is 5.92 Å². The molecule has 4 rings (SSSR count). The van der Waals surface area contributed by atoms with E-state index in [2.05, 4.69) is 33.0 Å². The van der Waals surface area contributed by atoms with Crippen LogP contribution in [-0.4, -0.2) is 59.9 Å². The first-order valence-corrected chi connectivity index (χ1v) is 10.2. The summed E-state index contributed by atoms with van der Waals surface area (Å²) in [6.45, 7) is 2.24. The van der Waals surface area contributed by atoms with Crippen molar-refractivity contribution < 1.29 is 14.3 Å². The van der Waals surface area contributed by atoms with Crippen LogP contribution in [0.3, 0.4) is 0 Å². The van der Waals surface area contributed by atoms with E-state index in [0.717, 1.165) is 17.3 Å². The van der Waals surface area contributed by atoms with E-state index in [-0.39, 0.29) is 17.7 Å². The van der Waals surface area contributed by atoms with Gasteiger partial charge in [-0.05, 0) is 42.2 Å². The second kappa shape index (κ2) is 7.91. The van der Waals surface area contributed by atoms with Crippen LogP contribution >= 0.6 is 15.9 Å². The Kier molecular flexibility index (Phi) is 5.35. The van der Waals surface area contributed by atoms with Gasteiger partial charge in [-0.3, -0.25) is 9.59 Å². The molecule has 0 N–H and O–H groups in total. The van der Waals surface area contributed by atoms with Gasteiger partial charge in [0.15, 0.2) is 0 Å². The van der Waals surface area contributed by atoms with E-state index in [1.54, 1.807) is 24.1 Å². The molecule has 0 spiro atoms. The van der Waals surface area contributed by atoms with Gasteiger partial charge in [0.25, 0.3) is 5.91 Å². The maximum absolute atomic E-state index is 13.0. The average molecular weight is 444 g/mol. The van der Waals surface area contributed by atoms with E-state index in [0.29, 0.717) is 37.6 Å². The third-order valence-electron chi connectivity index (χ3n) is 5.52. The monoisotopic (exact) mass is 443 g/mol. The molecule has 0 bridgehead atoms. The van der Waals surface area contributed by atoms with E-state index in [4.69, 9.17) is 4.74 Å². The van der Waals surface area contributed by atoms with E-state index < -0.39 is 0 Å². The lowest BCUT2D eigenvalue weighted by atomic mass is 10.0. The number of ether oxygens (including phenoxy) is 1. The topological polar surface area (TPSA) is 62.7 Å². The molecule has 1 aliphatic heterocycles. The summed E-state index contributed by atoms with van der Waals surface area (Å²) in [5, 5.41) is 0. The summed E-state index contributed by atoms with van der Waals surface area (Å²) >= 11 is 3.50. The summed E-state index contributed by atoms with van der Waals surface area (Å²) in [5.41, 5.74) is 3.06. The molecular formula is C21H22BrN3O3. The number of hydrogen-bond donors (Lipinski definition) is 0. The Hall–Kier alpha value is -2.41. The van der Waals surface area contributed by atoms with Crippen LogP contribution < -0.4 is 4.74 Å². The first-order chi connectivity index (χ1) is 13.5. The normalized spacial score (nSPS) is 18.7. The first-order valence-electron chi connectivity index (χ1n) is 9.40. The van der Waals surface area contributed by atoms with Crippen molar-refractivity contribution in [1.29, 1.82) is 0 Å². The molecule has 2 aliphatic rings. The lowest BCUT2D eigenvalue weighted by Gasteiger charge is -2.36. The van der Waals surface area contributed by atoms with Gasteiger partial charge in [-0.15, -0.1) is 0 Å². The van der Waals surface area contributed by atoms with Crippen LogP contribution in [0.2, 0.25) is 0 Å². The molecule has 1 aromatic carbocycles. The molecule has 0 radical (unpaired) electrons. The number of rotatable bonds is 3. The van der Waals surface area contributed by atoms with Gasteiger partial charge in [0, 0.05) is 48.8 Å². The van der Waals surface area contributed by atoms with Crippen molar-refractivity contribution in [2.75, 3.05) is 33.3 Å². The van der Waals surface area contributed by atoms with Crippen LogP contribution in [0.15, 0.2) is 41.0 Å². The highest BCUT2D eigenvalue weighted by Crippen LogP contribution is 2.30. The Labute approximate surface area is 172 Å². The number of carbonyl (C=O) groups is 2. The second-order valence-corrected chi connectivity index (χ2v) is 8.14. The minimum atomic E-state index is -0.0552. The lowest BCUT2D eigenvalue weighted by molar-refractivity contribution is -0.136. The number of fused-ring (bicyclic) bond motifs is 1. The van der Waals surface area contributed by atoms with E-state index in [1.165, 1.54) is 17.3 Å². The Bertz CT molecular complexity index is 892. The van der Waals surface area contributed by atoms with Crippen molar-refractivity contribution in [2.45, 2.75) is 12.8 Å². The Balaban J connectivity index is 1.34. The molecule has 0 saturated carbocycles. The number of nitrogens with zero attached hydrogens (tertiary/aromatic N) is 3. The molecule has 146 valence electrons. The van der Waals surface area contributed by atoms with Crippen LogP contribution in [0.25, 0.3) is 0 Å². The SMILES string of the molecule is COc1ccc(C(=O)N2CCN(C(=O)C3Cc4ccc(Br)cc4C3)CC2)cn1. The highest BCUT2D eigenvalue weighted by molar-refractivity contribution is 9.10. The van der Waals surface area contributed by atoms with Crippen molar-refractivity contribution in [3.63, 3.8) is 0 Å². The molecule has 1 atom stereocenters. The van der Waals surface area contributed by atoms with Crippen LogP contribution in [0.1, 0.15) is 21.5 Å². The predicted octanol–water partition coefficient (Wildman–Crippen LogP) is 2.55. The van der Waals surface area contributed by atoms with Gasteiger partial charge in [0.2, 0.25) is 11.8 Å². The van der Waals surface area contributed by atoms with Crippen LogP contribution in [-0.2, 0) is 17.6 Å². The summed E-state index contributed by atoms with van der Waals surface area (Å²) in [4.78, 5) is 33.4. The van der Waals surface area contributed by atoms with Gasteiger partial charge in [0.1, 0.15) is 0 Å². The quantitative estimate of drug-likeness (QED) is 0.730. The van der Waals surface area contributed by atoms with Gasteiger partial charge in [-0.25, -0.2) is 4.98 Å². The third-order valence-corrected chi connectivity index (χ3v) is 6.01. The Morgan fingerprint density at radius 1 is 1.04 bits per heavy atom. The van der Waals surface area contributed by atoms with Crippen molar-refractivity contribution in [3.8, 4) is 5.88 Å². The zero-order chi connectivity index (χ0) is 19.7. The van der Waals surface area contributed by atoms with Crippen molar-refractivity contribution in [3.05, 3.63) is 57.7 Å². The Morgan fingerprint density at radius 2 is 1.75 bits per heavy atom. The van der Waals surface area contributed by atoms with Gasteiger partial charge in [-0.1, -0.05) is 22.0 Å². The van der Waals surface area contributed by atoms with Crippen molar-refractivity contribution >= 4 is 27.7 Å². The molecular weight excluding hydrogens is 422 g/mol. The summed E-state index contributed by atoms with van der Waals surface area (Å²) < 4.78 is 6.09. The van der Waals surface area contributed by atoms with Crippen LogP contribution in [0.4, 0.5) is 0 Å². The number of methoxy groups -OCH3 is 1. The van der Waals surface area contributed by atoms with Gasteiger partial charge in [-0.2, -0.15) is 0 Å². The molecule has 7 heteroatoms. The number of piperazine rings is 1. The number of halogens is 1. The van der Waals surface area contributed by atoms with E-state index in [1.807, 2.05) is 11.0 Å². The smallest absolute Gasteiger partial charge is 0.255 e. The first kappa shape index (κ1) is 18.9. The largest absolute Gasteiger partial charge is 0.481 e. The Morgan fingerprint density at radius 3 is 2.43 bits per heavy atom. The average Bonchev–Trinajstić information content (AvgIpc) is 3.16. The minimum Gasteiger partial charge on any atom is -0.481 e. The van der Waals surface area contributed by atoms with Gasteiger partial charge < -0.3 is 14.5 Å². The molecule has 1 aliphatic carbocycles. The third kappa shape index (κ3) is 3.76. The summed E-state index contributed by atoms with van der Waals surface area (Å²) in [6, 6.07) is 9.65. The molecule has 28 heavy (non-hydrogen) atoms. The zero-order valence-corrected chi connectivity index (χ0v) is 17.3. The van der Waals surface area contributed by atoms with Crippen molar-refractivity contribution in [1.82, 2.24) is 14.8 Å². The molecule has 2 aromatic rings. The summed E-state index contributed by atoms with van der Waals surface area (Å²) in [5.74, 6) is 0.639. The van der Waals surface area contributed by atoms with Crippen LogP contribution in [0.5, 0.6) is 5.88 Å². The fraction of sp³-hybridized carbons (Fsp3) is 0.381. The number of amides is 2. The summed E-state index contributed by atoms with van der Waals surface area (Å²) in [6.07, 6.45) is 3.13. The van der Waals surface area contributed by atoms with E-state index >= 15 is 0 Å². The number of carbonyl (C=O) groups excluding carboxylic acids is 2. The molecule has 2 heterocycles. The minimum absolute atomic E-state index is 0.0114. The summed E-state index contributed by atoms with van der Waals surface area (Å²) in [7, 11) is 1.54. The maximum Gasteiger partial charge on any atom is 0.255 e. The van der Waals surface area contributed by atoms with Crippen LogP contribution in [0, 0.1) is 5.92 Å². The molecule has 1 fully saturated rings. The molecule has 6 nitrogen and oxygen atoms in total. The molecule has 1 saturated heterocycles. The number of pyridine rings is 1. The highest BCUT2D eigenvalue weighted by Gasteiger charge is 2.33. The van der Waals surface area contributed by atoms with Gasteiger partial charge in [0.05, 0.1) is 12.7 Å². The number of benzene rings is 1. The molecule has 2 amide bonds. The zero-order valence-electron chi connectivity index (χ0n) is 15.7. The lowest BCUT2D eigenvalue weighted by Crippen LogP contribution is -2.52. The fourth-order valence-electron chi connectivity index (χ4n) is 3.96. The standard InChI is InChI=1S/C21H22BrN3O3/c1-28-19-5-3-15(13-23-19)20(26)24-6-8-25(9-7-24)21(27)17-10-14-2-4-18(22)12-16(14)11-17/h2-5,12-13,17H,6-11H2,1H3. The maximum atomic E-state index is 13.0. The molecule has 1 unspecified atom stereocenters. The van der Waals surface area contributed by atoms with E-state index in [9.17, 15) is 9.59 Å². The van der Waals surface area contributed by atoms with Gasteiger partial charge >= 0.3 is 0 Å². The predicted molar refractivity (Wildman–Crippen MR) is 108 cm³/mol. The number of aromatic nitrogens is 1. The highest BCUT2D eigenvalue weighted by atomic mass is 79.9. The molecule has 1 aromatic heterocycles. The number of hydrogen-bond acceptors (Lipinski definition) is 4.